The lowest BCUT2D eigenvalue weighted by Crippen LogP contribution is -2.31. The van der Waals surface area contributed by atoms with Crippen molar-refractivity contribution >= 4 is 27.8 Å². The summed E-state index contributed by atoms with van der Waals surface area (Å²) in [6.45, 7) is 0.854. The van der Waals surface area contributed by atoms with Crippen molar-refractivity contribution in [3.8, 4) is 0 Å². The van der Waals surface area contributed by atoms with Crippen molar-refractivity contribution in [3.63, 3.8) is 0 Å². The maximum Gasteiger partial charge on any atom is 0.264 e. The quantitative estimate of drug-likeness (QED) is 0.633. The Labute approximate surface area is 166 Å². The number of fused-ring (bicyclic) bond motifs is 3. The Morgan fingerprint density at radius 2 is 1.86 bits per heavy atom. The minimum Gasteiger partial charge on any atom is -0.393 e. The number of hydrogen-bond donors (Lipinski definition) is 2. The Balaban J connectivity index is 1.86. The van der Waals surface area contributed by atoms with Crippen LogP contribution >= 0.6 is 0 Å². The molecule has 0 saturated heterocycles. The van der Waals surface area contributed by atoms with Gasteiger partial charge < -0.3 is 10.4 Å². The average molecular weight is 402 g/mol. The third-order valence-electron chi connectivity index (χ3n) is 5.72. The highest BCUT2D eigenvalue weighted by Crippen LogP contribution is 2.31. The molecule has 0 aliphatic heterocycles. The van der Waals surface area contributed by atoms with E-state index in [1.807, 2.05) is 18.2 Å². The number of halogens is 2. The lowest BCUT2D eigenvalue weighted by Gasteiger charge is -2.28. The van der Waals surface area contributed by atoms with Crippen LogP contribution in [-0.4, -0.2) is 38.2 Å². The number of aliphatic hydroxyl groups excluding tert-OH is 1. The minimum atomic E-state index is -2.86. The van der Waals surface area contributed by atoms with Gasteiger partial charge in [-0.3, -0.25) is 9.36 Å². The van der Waals surface area contributed by atoms with Crippen LogP contribution in [0.2, 0.25) is 0 Å². The fourth-order valence-electron chi connectivity index (χ4n) is 3.95. The summed E-state index contributed by atoms with van der Waals surface area (Å²) in [6.07, 6.45) is 3.51. The van der Waals surface area contributed by atoms with Gasteiger partial charge in [-0.15, -0.1) is 0 Å². The molecule has 3 aromatic rings. The summed E-state index contributed by atoms with van der Waals surface area (Å²) in [6, 6.07) is 7.18. The van der Waals surface area contributed by atoms with Gasteiger partial charge in [0.05, 0.1) is 12.6 Å². The van der Waals surface area contributed by atoms with E-state index in [9.17, 15) is 18.7 Å². The molecule has 1 aliphatic rings. The van der Waals surface area contributed by atoms with Crippen LogP contribution in [0.5, 0.6) is 0 Å². The summed E-state index contributed by atoms with van der Waals surface area (Å²) in [5.41, 5.74) is 0.283. The molecule has 2 aromatic heterocycles. The van der Waals surface area contributed by atoms with Crippen LogP contribution in [0, 0.1) is 0 Å². The average Bonchev–Trinajstić information content (AvgIpc) is 2.74. The predicted octanol–water partition coefficient (Wildman–Crippen LogP) is 3.88. The first-order valence-electron chi connectivity index (χ1n) is 9.99. The van der Waals surface area contributed by atoms with Crippen molar-refractivity contribution in [1.29, 1.82) is 0 Å². The zero-order valence-corrected chi connectivity index (χ0v) is 16.2. The highest BCUT2D eigenvalue weighted by atomic mass is 19.3. The number of nitrogens with zero attached hydrogens (tertiary/aromatic N) is 3. The van der Waals surface area contributed by atoms with Crippen LogP contribution in [0.1, 0.15) is 45.1 Å². The SMILES string of the molecule is CCC(F)(F)CNc1ncc2c3ccccc3c(=O)n(C3CCC(O)CC3)c2n1. The topological polar surface area (TPSA) is 80.0 Å². The highest BCUT2D eigenvalue weighted by molar-refractivity contribution is 6.04. The van der Waals surface area contributed by atoms with Gasteiger partial charge in [0.25, 0.3) is 11.5 Å². The largest absolute Gasteiger partial charge is 0.393 e. The Morgan fingerprint density at radius 3 is 2.55 bits per heavy atom. The van der Waals surface area contributed by atoms with E-state index in [-0.39, 0.29) is 30.1 Å². The minimum absolute atomic E-state index is 0.0740. The van der Waals surface area contributed by atoms with Crippen LogP contribution in [0.4, 0.5) is 14.7 Å². The first kappa shape index (κ1) is 19.7. The van der Waals surface area contributed by atoms with Crippen LogP contribution in [-0.2, 0) is 0 Å². The summed E-state index contributed by atoms with van der Waals surface area (Å²) in [4.78, 5) is 22.0. The Bertz CT molecular complexity index is 1090. The maximum absolute atomic E-state index is 13.6. The number of benzene rings is 1. The lowest BCUT2D eigenvalue weighted by molar-refractivity contribution is 0.0114. The first-order valence-corrected chi connectivity index (χ1v) is 9.99. The maximum atomic E-state index is 13.6. The highest BCUT2D eigenvalue weighted by Gasteiger charge is 2.27. The molecule has 154 valence electrons. The summed E-state index contributed by atoms with van der Waals surface area (Å²) in [7, 11) is 0. The van der Waals surface area contributed by atoms with Gasteiger partial charge in [-0.25, -0.2) is 13.8 Å². The number of rotatable bonds is 5. The van der Waals surface area contributed by atoms with Gasteiger partial charge in [-0.05, 0) is 37.1 Å². The van der Waals surface area contributed by atoms with E-state index < -0.39 is 12.5 Å². The van der Waals surface area contributed by atoms with Gasteiger partial charge in [0, 0.05) is 29.4 Å². The molecule has 0 bridgehead atoms. The number of hydrogen-bond acceptors (Lipinski definition) is 5. The fourth-order valence-corrected chi connectivity index (χ4v) is 3.95. The molecule has 1 aliphatic carbocycles. The molecule has 0 radical (unpaired) electrons. The molecule has 0 spiro atoms. The van der Waals surface area contributed by atoms with E-state index in [2.05, 4.69) is 15.3 Å². The third-order valence-corrected chi connectivity index (χ3v) is 5.72. The molecular formula is C21H24F2N4O2. The number of aliphatic hydroxyl groups is 1. The Morgan fingerprint density at radius 1 is 1.17 bits per heavy atom. The number of anilines is 1. The Kier molecular flexibility index (Phi) is 5.21. The van der Waals surface area contributed by atoms with Crippen LogP contribution < -0.4 is 10.9 Å². The summed E-state index contributed by atoms with van der Waals surface area (Å²) in [5.74, 6) is -2.79. The van der Waals surface area contributed by atoms with E-state index in [0.29, 0.717) is 42.1 Å². The molecular weight excluding hydrogens is 378 g/mol. The van der Waals surface area contributed by atoms with E-state index in [4.69, 9.17) is 0 Å². The second-order valence-corrected chi connectivity index (χ2v) is 7.68. The molecule has 1 aromatic carbocycles. The van der Waals surface area contributed by atoms with Gasteiger partial charge in [-0.1, -0.05) is 25.1 Å². The van der Waals surface area contributed by atoms with Crippen molar-refractivity contribution in [1.82, 2.24) is 14.5 Å². The summed E-state index contributed by atoms with van der Waals surface area (Å²) in [5, 5.41) is 14.5. The summed E-state index contributed by atoms with van der Waals surface area (Å²) >= 11 is 0. The molecule has 8 heteroatoms. The fraction of sp³-hybridized carbons (Fsp3) is 0.476. The molecule has 6 nitrogen and oxygen atoms in total. The molecule has 2 heterocycles. The van der Waals surface area contributed by atoms with Crippen molar-refractivity contribution in [2.45, 2.75) is 57.1 Å². The standard InChI is InChI=1S/C21H24F2N4O2/c1-2-21(22,23)12-25-20-24-11-17-15-5-3-4-6-16(15)19(29)27(18(17)26-20)13-7-9-14(28)10-8-13/h3-6,11,13-14,28H,2,7-10,12H2,1H3,(H,24,25,26). The number of aromatic nitrogens is 3. The molecule has 1 fully saturated rings. The summed E-state index contributed by atoms with van der Waals surface area (Å²) < 4.78 is 28.9. The number of alkyl halides is 2. The number of pyridine rings is 1. The molecule has 0 atom stereocenters. The Hall–Kier alpha value is -2.61. The smallest absolute Gasteiger partial charge is 0.264 e. The molecule has 0 amide bonds. The van der Waals surface area contributed by atoms with E-state index >= 15 is 0 Å². The second kappa shape index (κ2) is 7.67. The molecule has 0 unspecified atom stereocenters. The van der Waals surface area contributed by atoms with E-state index in [1.54, 1.807) is 16.8 Å². The third kappa shape index (κ3) is 3.81. The van der Waals surface area contributed by atoms with Crippen molar-refractivity contribution in [2.75, 3.05) is 11.9 Å². The van der Waals surface area contributed by atoms with E-state index in [0.717, 1.165) is 5.39 Å². The monoisotopic (exact) mass is 402 g/mol. The normalized spacial score (nSPS) is 20.3. The first-order chi connectivity index (χ1) is 13.9. The van der Waals surface area contributed by atoms with Crippen LogP contribution in [0.3, 0.4) is 0 Å². The van der Waals surface area contributed by atoms with E-state index in [1.165, 1.54) is 6.92 Å². The lowest BCUT2D eigenvalue weighted by atomic mass is 9.92. The van der Waals surface area contributed by atoms with Gasteiger partial charge in [0.1, 0.15) is 5.65 Å². The van der Waals surface area contributed by atoms with Gasteiger partial charge >= 0.3 is 0 Å². The van der Waals surface area contributed by atoms with Gasteiger partial charge in [0.2, 0.25) is 5.95 Å². The van der Waals surface area contributed by atoms with Crippen LogP contribution in [0.15, 0.2) is 35.3 Å². The zero-order chi connectivity index (χ0) is 20.6. The number of nitrogens with one attached hydrogen (secondary N) is 1. The zero-order valence-electron chi connectivity index (χ0n) is 16.2. The van der Waals surface area contributed by atoms with Crippen molar-refractivity contribution in [3.05, 3.63) is 40.8 Å². The van der Waals surface area contributed by atoms with Gasteiger partial charge in [0.15, 0.2) is 0 Å². The molecule has 29 heavy (non-hydrogen) atoms. The molecule has 1 saturated carbocycles. The second-order valence-electron chi connectivity index (χ2n) is 7.68. The molecule has 2 N–H and O–H groups in total. The van der Waals surface area contributed by atoms with Gasteiger partial charge in [-0.2, -0.15) is 4.98 Å². The van der Waals surface area contributed by atoms with Crippen molar-refractivity contribution in [2.24, 2.45) is 0 Å². The predicted molar refractivity (Wildman–Crippen MR) is 109 cm³/mol. The van der Waals surface area contributed by atoms with Crippen LogP contribution in [0.25, 0.3) is 21.8 Å². The van der Waals surface area contributed by atoms with Crippen molar-refractivity contribution < 1.29 is 13.9 Å². The molecule has 4 rings (SSSR count).